The summed E-state index contributed by atoms with van der Waals surface area (Å²) in [5, 5.41) is 5.66. The van der Waals surface area contributed by atoms with Gasteiger partial charge in [-0.25, -0.2) is 0 Å². The molecule has 0 fully saturated rings. The highest BCUT2D eigenvalue weighted by Gasteiger charge is 2.28. The molecule has 1 atom stereocenters. The lowest BCUT2D eigenvalue weighted by Gasteiger charge is -2.33. The van der Waals surface area contributed by atoms with Crippen LogP contribution in [-0.4, -0.2) is 13.1 Å². The third kappa shape index (κ3) is 3.62. The fourth-order valence-corrected chi connectivity index (χ4v) is 2.59. The smallest absolute Gasteiger partial charge is 0.00512 e. The van der Waals surface area contributed by atoms with Crippen LogP contribution in [0.3, 0.4) is 0 Å². The Kier molecular flexibility index (Phi) is 4.81. The lowest BCUT2D eigenvalue weighted by atomic mass is 9.76. The standard InChI is InChI=1S/C13H23NS/c1-5-14-10-13(4,11(2)3)9-12-7-6-8-15-12/h6-8,11,14H,5,9-10H2,1-4H3. The molecule has 1 unspecified atom stereocenters. The number of hydrogen-bond donors (Lipinski definition) is 1. The van der Waals surface area contributed by atoms with Gasteiger partial charge in [0.1, 0.15) is 0 Å². The molecular formula is C13H23NS. The monoisotopic (exact) mass is 225 g/mol. The van der Waals surface area contributed by atoms with E-state index in [-0.39, 0.29) is 0 Å². The zero-order valence-electron chi connectivity index (χ0n) is 10.3. The summed E-state index contributed by atoms with van der Waals surface area (Å²) >= 11 is 1.87. The SMILES string of the molecule is CCNCC(C)(Cc1cccs1)C(C)C. The van der Waals surface area contributed by atoms with E-state index in [1.165, 1.54) is 11.3 Å². The van der Waals surface area contributed by atoms with Crippen molar-refractivity contribution in [2.75, 3.05) is 13.1 Å². The molecule has 0 saturated carbocycles. The van der Waals surface area contributed by atoms with E-state index >= 15 is 0 Å². The highest BCUT2D eigenvalue weighted by atomic mass is 32.1. The Morgan fingerprint density at radius 1 is 1.47 bits per heavy atom. The van der Waals surface area contributed by atoms with E-state index in [1.54, 1.807) is 0 Å². The van der Waals surface area contributed by atoms with Crippen molar-refractivity contribution >= 4 is 11.3 Å². The van der Waals surface area contributed by atoms with Gasteiger partial charge < -0.3 is 5.32 Å². The van der Waals surface area contributed by atoms with E-state index in [0.29, 0.717) is 11.3 Å². The molecule has 1 nitrogen and oxygen atoms in total. The maximum atomic E-state index is 3.49. The predicted molar refractivity (Wildman–Crippen MR) is 69.5 cm³/mol. The van der Waals surface area contributed by atoms with E-state index in [1.807, 2.05) is 11.3 Å². The minimum absolute atomic E-state index is 0.376. The molecule has 1 aromatic rings. The molecule has 0 aliphatic heterocycles. The summed E-state index contributed by atoms with van der Waals surface area (Å²) in [7, 11) is 0. The molecule has 0 radical (unpaired) electrons. The lowest BCUT2D eigenvalue weighted by molar-refractivity contribution is 0.210. The summed E-state index contributed by atoms with van der Waals surface area (Å²) in [6.07, 6.45) is 1.19. The second kappa shape index (κ2) is 5.66. The van der Waals surface area contributed by atoms with Crippen LogP contribution in [0.1, 0.15) is 32.6 Å². The van der Waals surface area contributed by atoms with Gasteiger partial charge in [0, 0.05) is 11.4 Å². The first-order valence-corrected chi connectivity index (χ1v) is 6.69. The first kappa shape index (κ1) is 12.7. The molecule has 0 saturated heterocycles. The summed E-state index contributed by atoms with van der Waals surface area (Å²) in [5.41, 5.74) is 0.376. The molecule has 0 amide bonds. The zero-order valence-corrected chi connectivity index (χ0v) is 11.2. The molecule has 15 heavy (non-hydrogen) atoms. The van der Waals surface area contributed by atoms with Gasteiger partial charge in [0.15, 0.2) is 0 Å². The predicted octanol–water partition coefficient (Wildman–Crippen LogP) is 3.56. The van der Waals surface area contributed by atoms with Crippen molar-refractivity contribution in [1.82, 2.24) is 5.32 Å². The number of rotatable bonds is 6. The minimum atomic E-state index is 0.376. The van der Waals surface area contributed by atoms with E-state index < -0.39 is 0 Å². The van der Waals surface area contributed by atoms with Gasteiger partial charge in [-0.05, 0) is 35.7 Å². The van der Waals surface area contributed by atoms with Crippen LogP contribution in [-0.2, 0) is 6.42 Å². The normalized spacial score (nSPS) is 15.5. The third-order valence-electron chi connectivity index (χ3n) is 3.33. The summed E-state index contributed by atoms with van der Waals surface area (Å²) in [4.78, 5) is 1.50. The molecule has 1 aromatic heterocycles. The number of hydrogen-bond acceptors (Lipinski definition) is 2. The highest BCUT2D eigenvalue weighted by Crippen LogP contribution is 2.32. The van der Waals surface area contributed by atoms with Crippen LogP contribution in [0.25, 0.3) is 0 Å². The van der Waals surface area contributed by atoms with Crippen LogP contribution in [0, 0.1) is 11.3 Å². The fourth-order valence-electron chi connectivity index (χ4n) is 1.69. The Morgan fingerprint density at radius 2 is 2.20 bits per heavy atom. The summed E-state index contributed by atoms with van der Waals surface area (Å²) in [6.45, 7) is 11.4. The summed E-state index contributed by atoms with van der Waals surface area (Å²) in [6, 6.07) is 4.39. The van der Waals surface area contributed by atoms with Crippen molar-refractivity contribution in [3.8, 4) is 0 Å². The molecule has 0 aromatic carbocycles. The quantitative estimate of drug-likeness (QED) is 0.780. The van der Waals surface area contributed by atoms with Gasteiger partial charge in [-0.15, -0.1) is 11.3 Å². The van der Waals surface area contributed by atoms with Gasteiger partial charge in [0.25, 0.3) is 0 Å². The van der Waals surface area contributed by atoms with E-state index in [4.69, 9.17) is 0 Å². The fraction of sp³-hybridized carbons (Fsp3) is 0.692. The first-order chi connectivity index (χ1) is 7.08. The first-order valence-electron chi connectivity index (χ1n) is 5.81. The van der Waals surface area contributed by atoms with Crippen molar-refractivity contribution in [3.05, 3.63) is 22.4 Å². The van der Waals surface area contributed by atoms with Crippen LogP contribution in [0.15, 0.2) is 17.5 Å². The molecule has 1 heterocycles. The molecule has 0 aliphatic carbocycles. The van der Waals surface area contributed by atoms with Crippen molar-refractivity contribution in [2.24, 2.45) is 11.3 Å². The van der Waals surface area contributed by atoms with Gasteiger partial charge >= 0.3 is 0 Å². The molecular weight excluding hydrogens is 202 g/mol. The average molecular weight is 225 g/mol. The van der Waals surface area contributed by atoms with Crippen LogP contribution in [0.5, 0.6) is 0 Å². The second-order valence-corrected chi connectivity index (χ2v) is 5.88. The van der Waals surface area contributed by atoms with Crippen LogP contribution in [0.2, 0.25) is 0 Å². The molecule has 0 spiro atoms. The molecule has 2 heteroatoms. The minimum Gasteiger partial charge on any atom is -0.316 e. The van der Waals surface area contributed by atoms with Gasteiger partial charge in [0.2, 0.25) is 0 Å². The van der Waals surface area contributed by atoms with E-state index in [9.17, 15) is 0 Å². The zero-order chi connectivity index (χ0) is 11.3. The lowest BCUT2D eigenvalue weighted by Crippen LogP contribution is -2.37. The topological polar surface area (TPSA) is 12.0 Å². The molecule has 1 rings (SSSR count). The summed E-state index contributed by atoms with van der Waals surface area (Å²) < 4.78 is 0. The highest BCUT2D eigenvalue weighted by molar-refractivity contribution is 7.09. The Morgan fingerprint density at radius 3 is 2.67 bits per heavy atom. The third-order valence-corrected chi connectivity index (χ3v) is 4.21. The van der Waals surface area contributed by atoms with Crippen molar-refractivity contribution in [2.45, 2.75) is 34.1 Å². The number of thiophene rings is 1. The Labute approximate surface area is 97.9 Å². The Bertz CT molecular complexity index is 266. The van der Waals surface area contributed by atoms with Crippen molar-refractivity contribution in [3.63, 3.8) is 0 Å². The Balaban J connectivity index is 2.64. The summed E-state index contributed by atoms with van der Waals surface area (Å²) in [5.74, 6) is 0.707. The van der Waals surface area contributed by atoms with Gasteiger partial charge in [-0.3, -0.25) is 0 Å². The molecule has 1 N–H and O–H groups in total. The molecule has 0 aliphatic rings. The van der Waals surface area contributed by atoms with Crippen LogP contribution in [0.4, 0.5) is 0 Å². The van der Waals surface area contributed by atoms with Crippen molar-refractivity contribution < 1.29 is 0 Å². The average Bonchev–Trinajstić information content (AvgIpc) is 2.67. The van der Waals surface area contributed by atoms with Gasteiger partial charge in [-0.2, -0.15) is 0 Å². The van der Waals surface area contributed by atoms with E-state index in [0.717, 1.165) is 13.1 Å². The number of nitrogens with one attached hydrogen (secondary N) is 1. The van der Waals surface area contributed by atoms with Crippen LogP contribution >= 0.6 is 11.3 Å². The maximum Gasteiger partial charge on any atom is 0.00512 e. The van der Waals surface area contributed by atoms with E-state index in [2.05, 4.69) is 50.5 Å². The maximum absolute atomic E-state index is 3.49. The Hall–Kier alpha value is -0.340. The van der Waals surface area contributed by atoms with Gasteiger partial charge in [-0.1, -0.05) is 33.8 Å². The molecule has 86 valence electrons. The van der Waals surface area contributed by atoms with Crippen LogP contribution < -0.4 is 5.32 Å². The largest absolute Gasteiger partial charge is 0.316 e. The van der Waals surface area contributed by atoms with Crippen molar-refractivity contribution in [1.29, 1.82) is 0 Å². The van der Waals surface area contributed by atoms with Gasteiger partial charge in [0.05, 0.1) is 0 Å². The molecule has 0 bridgehead atoms. The second-order valence-electron chi connectivity index (χ2n) is 4.85.